The number of carbonyl (C=O) groups excluding carboxylic acids is 1. The van der Waals surface area contributed by atoms with Gasteiger partial charge < -0.3 is 14.8 Å². The summed E-state index contributed by atoms with van der Waals surface area (Å²) >= 11 is 6.42. The van der Waals surface area contributed by atoms with Gasteiger partial charge in [0, 0.05) is 13.1 Å². The van der Waals surface area contributed by atoms with Gasteiger partial charge in [0.2, 0.25) is 0 Å². The molecule has 1 aliphatic rings. The molecule has 0 aromatic carbocycles. The molecule has 0 aliphatic carbocycles. The molecule has 1 aliphatic heterocycles. The van der Waals surface area contributed by atoms with Gasteiger partial charge in [-0.1, -0.05) is 30.9 Å². The molecule has 0 aromatic heterocycles. The van der Waals surface area contributed by atoms with E-state index < -0.39 is 11.2 Å². The standard InChI is InChI=1S/C9H15NO2S2/c1-2-7(8(11)12)14-9(13)10-5-3-4-6-10/h7H,2-6H2,1H3,(H,11,12)/p-1. The third kappa shape index (κ3) is 3.13. The van der Waals surface area contributed by atoms with Crippen LogP contribution in [0.5, 0.6) is 0 Å². The maximum absolute atomic E-state index is 10.7. The van der Waals surface area contributed by atoms with E-state index in [4.69, 9.17) is 12.2 Å². The molecule has 1 atom stereocenters. The monoisotopic (exact) mass is 232 g/mol. The van der Waals surface area contributed by atoms with Gasteiger partial charge >= 0.3 is 0 Å². The van der Waals surface area contributed by atoms with Crippen LogP contribution in [0, 0.1) is 0 Å². The lowest BCUT2D eigenvalue weighted by Crippen LogP contribution is -2.35. The van der Waals surface area contributed by atoms with E-state index in [1.54, 1.807) is 0 Å². The second kappa shape index (κ2) is 5.56. The molecule has 0 radical (unpaired) electrons. The molecule has 0 spiro atoms. The molecule has 0 aromatic rings. The predicted molar refractivity (Wildman–Crippen MR) is 60.1 cm³/mol. The van der Waals surface area contributed by atoms with Crippen molar-refractivity contribution in [3.8, 4) is 0 Å². The highest BCUT2D eigenvalue weighted by Gasteiger charge is 2.18. The molecule has 1 saturated heterocycles. The number of carboxylic acids is 1. The molecule has 0 amide bonds. The van der Waals surface area contributed by atoms with E-state index in [0.717, 1.165) is 25.9 Å². The molecule has 0 saturated carbocycles. The van der Waals surface area contributed by atoms with Crippen molar-refractivity contribution < 1.29 is 9.90 Å². The van der Waals surface area contributed by atoms with Crippen molar-refractivity contribution in [1.82, 2.24) is 4.90 Å². The molecule has 1 rings (SSSR count). The van der Waals surface area contributed by atoms with E-state index in [0.29, 0.717) is 10.7 Å². The Kier molecular flexibility index (Phi) is 4.68. The smallest absolute Gasteiger partial charge is 0.137 e. The Morgan fingerprint density at radius 2 is 2.14 bits per heavy atom. The second-order valence-corrected chi connectivity index (χ2v) is 5.13. The summed E-state index contributed by atoms with van der Waals surface area (Å²) in [5.41, 5.74) is 0. The minimum Gasteiger partial charge on any atom is -0.549 e. The average Bonchev–Trinajstić information content (AvgIpc) is 2.65. The molecule has 5 heteroatoms. The first-order valence-corrected chi connectivity index (χ1v) is 6.10. The van der Waals surface area contributed by atoms with E-state index in [1.807, 2.05) is 6.92 Å². The van der Waals surface area contributed by atoms with Crippen LogP contribution in [0.3, 0.4) is 0 Å². The molecule has 1 unspecified atom stereocenters. The Labute approximate surface area is 93.9 Å². The summed E-state index contributed by atoms with van der Waals surface area (Å²) in [6.45, 7) is 3.77. The quantitative estimate of drug-likeness (QED) is 0.668. The Bertz CT molecular complexity index is 227. The first kappa shape index (κ1) is 11.8. The summed E-state index contributed by atoms with van der Waals surface area (Å²) in [7, 11) is 0. The van der Waals surface area contributed by atoms with Gasteiger partial charge in [-0.2, -0.15) is 0 Å². The highest BCUT2D eigenvalue weighted by molar-refractivity contribution is 8.23. The number of likely N-dealkylation sites (tertiary alicyclic amines) is 1. The SMILES string of the molecule is CCC(SC(=S)N1CCCC1)C(=O)[O-]. The number of rotatable bonds is 3. The Morgan fingerprint density at radius 3 is 2.57 bits per heavy atom. The van der Waals surface area contributed by atoms with Crippen molar-refractivity contribution in [2.24, 2.45) is 0 Å². The van der Waals surface area contributed by atoms with E-state index in [9.17, 15) is 9.90 Å². The van der Waals surface area contributed by atoms with Crippen LogP contribution in [0.15, 0.2) is 0 Å². The summed E-state index contributed by atoms with van der Waals surface area (Å²) in [6, 6.07) is 0. The maximum Gasteiger partial charge on any atom is 0.137 e. The summed E-state index contributed by atoms with van der Waals surface area (Å²) in [4.78, 5) is 12.7. The highest BCUT2D eigenvalue weighted by atomic mass is 32.2. The minimum absolute atomic E-state index is 0.497. The number of aliphatic carboxylic acids is 1. The van der Waals surface area contributed by atoms with Crippen molar-refractivity contribution in [2.75, 3.05) is 13.1 Å². The predicted octanol–water partition coefficient (Wildman–Crippen LogP) is 0.629. The van der Waals surface area contributed by atoms with Gasteiger partial charge in [0.1, 0.15) is 4.32 Å². The van der Waals surface area contributed by atoms with Crippen LogP contribution in [0.1, 0.15) is 26.2 Å². The lowest BCUT2D eigenvalue weighted by molar-refractivity contribution is -0.304. The number of hydrogen-bond acceptors (Lipinski definition) is 4. The Balaban J connectivity index is 2.41. The van der Waals surface area contributed by atoms with Gasteiger partial charge in [0.25, 0.3) is 0 Å². The minimum atomic E-state index is -1.01. The fourth-order valence-electron chi connectivity index (χ4n) is 1.39. The molecule has 0 N–H and O–H groups in total. The molecular weight excluding hydrogens is 218 g/mol. The van der Waals surface area contributed by atoms with Gasteiger partial charge in [-0.05, 0) is 19.3 Å². The van der Waals surface area contributed by atoms with Crippen LogP contribution >= 0.6 is 24.0 Å². The van der Waals surface area contributed by atoms with Crippen LogP contribution in [0.4, 0.5) is 0 Å². The van der Waals surface area contributed by atoms with Crippen molar-refractivity contribution in [2.45, 2.75) is 31.4 Å². The average molecular weight is 232 g/mol. The molecule has 1 heterocycles. The van der Waals surface area contributed by atoms with Crippen molar-refractivity contribution in [1.29, 1.82) is 0 Å². The van der Waals surface area contributed by atoms with Crippen LogP contribution < -0.4 is 5.11 Å². The molecule has 80 valence electrons. The third-order valence-electron chi connectivity index (χ3n) is 2.24. The number of thioether (sulfide) groups is 1. The molecule has 0 bridgehead atoms. The summed E-state index contributed by atoms with van der Waals surface area (Å²) in [5.74, 6) is -1.01. The Hall–Kier alpha value is -0.290. The summed E-state index contributed by atoms with van der Waals surface area (Å²) in [5, 5.41) is 10.2. The van der Waals surface area contributed by atoms with Crippen LogP contribution in [0.25, 0.3) is 0 Å². The van der Waals surface area contributed by atoms with Gasteiger partial charge in [0.15, 0.2) is 0 Å². The third-order valence-corrected chi connectivity index (χ3v) is 4.06. The zero-order valence-corrected chi connectivity index (χ0v) is 9.83. The largest absolute Gasteiger partial charge is 0.549 e. The fraction of sp³-hybridized carbons (Fsp3) is 0.778. The van der Waals surface area contributed by atoms with E-state index >= 15 is 0 Å². The van der Waals surface area contributed by atoms with Crippen LogP contribution in [-0.4, -0.2) is 33.5 Å². The normalized spacial score (nSPS) is 18.2. The van der Waals surface area contributed by atoms with Crippen LogP contribution in [0.2, 0.25) is 0 Å². The van der Waals surface area contributed by atoms with Crippen molar-refractivity contribution in [3.05, 3.63) is 0 Å². The Morgan fingerprint density at radius 1 is 1.57 bits per heavy atom. The van der Waals surface area contributed by atoms with E-state index in [2.05, 4.69) is 4.90 Å². The highest BCUT2D eigenvalue weighted by Crippen LogP contribution is 2.21. The summed E-state index contributed by atoms with van der Waals surface area (Å²) in [6.07, 6.45) is 2.87. The van der Waals surface area contributed by atoms with Gasteiger partial charge in [0.05, 0.1) is 11.2 Å². The number of hydrogen-bond donors (Lipinski definition) is 0. The van der Waals surface area contributed by atoms with Crippen molar-refractivity contribution in [3.63, 3.8) is 0 Å². The van der Waals surface area contributed by atoms with Crippen molar-refractivity contribution >= 4 is 34.3 Å². The van der Waals surface area contributed by atoms with Crippen LogP contribution in [-0.2, 0) is 4.79 Å². The van der Waals surface area contributed by atoms with Gasteiger partial charge in [-0.25, -0.2) is 0 Å². The van der Waals surface area contributed by atoms with E-state index in [-0.39, 0.29) is 0 Å². The van der Waals surface area contributed by atoms with Gasteiger partial charge in [-0.3, -0.25) is 0 Å². The first-order valence-electron chi connectivity index (χ1n) is 4.81. The summed E-state index contributed by atoms with van der Waals surface area (Å²) < 4.78 is 0.707. The number of carboxylic acid groups (broad SMARTS) is 1. The molecule has 3 nitrogen and oxygen atoms in total. The van der Waals surface area contributed by atoms with E-state index in [1.165, 1.54) is 11.8 Å². The number of thiocarbonyl (C=S) groups is 1. The zero-order chi connectivity index (χ0) is 10.6. The van der Waals surface area contributed by atoms with Gasteiger partial charge in [-0.15, -0.1) is 0 Å². The molecular formula is C9H14NO2S2-. The lowest BCUT2D eigenvalue weighted by Gasteiger charge is -2.22. The second-order valence-electron chi connectivity index (χ2n) is 3.29. The number of nitrogens with zero attached hydrogens (tertiary/aromatic N) is 1. The fourth-order valence-corrected chi connectivity index (χ4v) is 2.76. The maximum atomic E-state index is 10.7. The first-order chi connectivity index (χ1) is 6.65. The zero-order valence-electron chi connectivity index (χ0n) is 8.19. The molecule has 14 heavy (non-hydrogen) atoms. The molecule has 1 fully saturated rings. The number of carbonyl (C=O) groups is 1. The lowest BCUT2D eigenvalue weighted by atomic mass is 10.3. The topological polar surface area (TPSA) is 43.4 Å².